The van der Waals surface area contributed by atoms with Crippen molar-refractivity contribution in [3.63, 3.8) is 0 Å². The number of carbonyl (C=O) groups excluding carboxylic acids is 2. The predicted molar refractivity (Wildman–Crippen MR) is 96.5 cm³/mol. The molecule has 0 radical (unpaired) electrons. The lowest BCUT2D eigenvalue weighted by Crippen LogP contribution is -2.42. The smallest absolute Gasteiger partial charge is 0.269 e. The topological polar surface area (TPSA) is 71.3 Å². The highest BCUT2D eigenvalue weighted by molar-refractivity contribution is 6.30. The zero-order chi connectivity index (χ0) is 18.0. The van der Waals surface area contributed by atoms with Gasteiger partial charge in [0.1, 0.15) is 5.58 Å². The van der Waals surface area contributed by atoms with Crippen LogP contribution in [0.5, 0.6) is 0 Å². The van der Waals surface area contributed by atoms with Gasteiger partial charge in [0.2, 0.25) is 5.91 Å². The van der Waals surface area contributed by atoms with Crippen LogP contribution in [0.4, 0.5) is 0 Å². The van der Waals surface area contributed by atoms with E-state index in [2.05, 4.69) is 10.9 Å². The predicted octanol–water partition coefficient (Wildman–Crippen LogP) is 3.71. The van der Waals surface area contributed by atoms with E-state index >= 15 is 0 Å². The SMILES string of the molecule is Cc1ccc2c(CC(=O)NNC(=O)c3ccc(Cl)cc3)coc2c1C. The minimum Gasteiger partial charge on any atom is -0.464 e. The van der Waals surface area contributed by atoms with Crippen molar-refractivity contribution in [3.05, 3.63) is 69.9 Å². The van der Waals surface area contributed by atoms with E-state index < -0.39 is 5.91 Å². The number of hydrogen-bond donors (Lipinski definition) is 2. The molecule has 0 unspecified atom stereocenters. The van der Waals surface area contributed by atoms with Gasteiger partial charge in [0.25, 0.3) is 5.91 Å². The molecule has 1 aromatic heterocycles. The fraction of sp³-hybridized carbons (Fsp3) is 0.158. The van der Waals surface area contributed by atoms with E-state index in [-0.39, 0.29) is 12.3 Å². The summed E-state index contributed by atoms with van der Waals surface area (Å²) >= 11 is 5.78. The van der Waals surface area contributed by atoms with E-state index in [4.69, 9.17) is 16.0 Å². The Morgan fingerprint density at radius 1 is 1.04 bits per heavy atom. The molecule has 2 aromatic carbocycles. The number of hydrazine groups is 1. The Balaban J connectivity index is 1.64. The Hall–Kier alpha value is -2.79. The zero-order valence-corrected chi connectivity index (χ0v) is 14.6. The van der Waals surface area contributed by atoms with Gasteiger partial charge in [-0.25, -0.2) is 0 Å². The zero-order valence-electron chi connectivity index (χ0n) is 13.9. The van der Waals surface area contributed by atoms with Gasteiger partial charge in [0.05, 0.1) is 12.7 Å². The van der Waals surface area contributed by atoms with Crippen molar-refractivity contribution >= 4 is 34.4 Å². The first-order chi connectivity index (χ1) is 12.0. The van der Waals surface area contributed by atoms with Crippen molar-refractivity contribution in [3.8, 4) is 0 Å². The molecule has 0 fully saturated rings. The van der Waals surface area contributed by atoms with Gasteiger partial charge in [-0.1, -0.05) is 23.7 Å². The number of amides is 2. The van der Waals surface area contributed by atoms with Crippen molar-refractivity contribution in [2.75, 3.05) is 0 Å². The third-order valence-electron chi connectivity index (χ3n) is 4.11. The maximum absolute atomic E-state index is 12.1. The average Bonchev–Trinajstić information content (AvgIpc) is 3.00. The average molecular weight is 357 g/mol. The lowest BCUT2D eigenvalue weighted by Gasteiger charge is -2.07. The summed E-state index contributed by atoms with van der Waals surface area (Å²) in [6.45, 7) is 3.99. The number of benzene rings is 2. The number of furan rings is 1. The molecule has 3 aromatic rings. The first-order valence-electron chi connectivity index (χ1n) is 7.76. The molecule has 0 aliphatic carbocycles. The summed E-state index contributed by atoms with van der Waals surface area (Å²) in [7, 11) is 0. The normalized spacial score (nSPS) is 10.7. The van der Waals surface area contributed by atoms with Gasteiger partial charge >= 0.3 is 0 Å². The second kappa shape index (κ2) is 6.99. The van der Waals surface area contributed by atoms with Crippen LogP contribution in [0, 0.1) is 13.8 Å². The molecule has 2 amide bonds. The summed E-state index contributed by atoms with van der Waals surface area (Å²) in [5.41, 5.74) is 8.95. The van der Waals surface area contributed by atoms with Crippen LogP contribution < -0.4 is 10.9 Å². The van der Waals surface area contributed by atoms with Crippen LogP contribution in [0.3, 0.4) is 0 Å². The summed E-state index contributed by atoms with van der Waals surface area (Å²) in [4.78, 5) is 24.1. The fourth-order valence-electron chi connectivity index (χ4n) is 2.54. The minimum atomic E-state index is -0.409. The molecule has 0 saturated carbocycles. The van der Waals surface area contributed by atoms with Gasteiger partial charge in [-0.05, 0) is 49.2 Å². The molecule has 0 saturated heterocycles. The van der Waals surface area contributed by atoms with E-state index in [9.17, 15) is 9.59 Å². The van der Waals surface area contributed by atoms with Crippen molar-refractivity contribution < 1.29 is 14.0 Å². The van der Waals surface area contributed by atoms with E-state index in [0.717, 1.165) is 27.7 Å². The summed E-state index contributed by atoms with van der Waals surface area (Å²) in [6.07, 6.45) is 1.69. The standard InChI is InChI=1S/C19H17ClN2O3/c1-11-3-8-16-14(10-25-18(16)12(11)2)9-17(23)21-22-19(24)13-4-6-15(20)7-5-13/h3-8,10H,9H2,1-2H3,(H,21,23)(H,22,24). The molecule has 0 aliphatic heterocycles. The summed E-state index contributed by atoms with van der Waals surface area (Å²) in [6, 6.07) is 10.3. The second-order valence-corrected chi connectivity index (χ2v) is 6.27. The number of carbonyl (C=O) groups is 2. The van der Waals surface area contributed by atoms with E-state index in [1.165, 1.54) is 0 Å². The molecule has 0 bridgehead atoms. The Labute approximate surface area is 149 Å². The number of nitrogens with one attached hydrogen (secondary N) is 2. The van der Waals surface area contributed by atoms with E-state index in [0.29, 0.717) is 10.6 Å². The number of aryl methyl sites for hydroxylation is 2. The van der Waals surface area contributed by atoms with Gasteiger partial charge in [-0.3, -0.25) is 20.4 Å². The third kappa shape index (κ3) is 3.67. The monoisotopic (exact) mass is 356 g/mol. The highest BCUT2D eigenvalue weighted by Crippen LogP contribution is 2.26. The van der Waals surface area contributed by atoms with E-state index in [1.54, 1.807) is 30.5 Å². The molecule has 128 valence electrons. The van der Waals surface area contributed by atoms with Gasteiger partial charge in [-0.15, -0.1) is 0 Å². The lowest BCUT2D eigenvalue weighted by molar-refractivity contribution is -0.121. The van der Waals surface area contributed by atoms with Gasteiger partial charge in [0.15, 0.2) is 0 Å². The van der Waals surface area contributed by atoms with Crippen LogP contribution in [0.2, 0.25) is 5.02 Å². The van der Waals surface area contributed by atoms with Crippen LogP contribution in [-0.2, 0) is 11.2 Å². The Morgan fingerprint density at radius 2 is 1.76 bits per heavy atom. The molecule has 5 nitrogen and oxygen atoms in total. The quantitative estimate of drug-likeness (QED) is 0.703. The van der Waals surface area contributed by atoms with Crippen molar-refractivity contribution in [2.45, 2.75) is 20.3 Å². The molecule has 0 aliphatic rings. The molecule has 2 N–H and O–H groups in total. The molecule has 1 heterocycles. The minimum absolute atomic E-state index is 0.108. The van der Waals surface area contributed by atoms with Gasteiger partial charge in [-0.2, -0.15) is 0 Å². The molecule has 6 heteroatoms. The number of halogens is 1. The molecule has 0 spiro atoms. The summed E-state index contributed by atoms with van der Waals surface area (Å²) in [5.74, 6) is -0.739. The molecular formula is C19H17ClN2O3. The van der Waals surface area contributed by atoms with Crippen molar-refractivity contribution in [1.29, 1.82) is 0 Å². The second-order valence-electron chi connectivity index (χ2n) is 5.83. The molecular weight excluding hydrogens is 340 g/mol. The highest BCUT2D eigenvalue weighted by Gasteiger charge is 2.13. The van der Waals surface area contributed by atoms with Crippen LogP contribution in [0.15, 0.2) is 47.1 Å². The number of fused-ring (bicyclic) bond motifs is 1. The maximum atomic E-state index is 12.1. The molecule has 0 atom stereocenters. The van der Waals surface area contributed by atoms with Crippen LogP contribution in [-0.4, -0.2) is 11.8 Å². The molecule has 25 heavy (non-hydrogen) atoms. The first-order valence-corrected chi connectivity index (χ1v) is 8.14. The summed E-state index contributed by atoms with van der Waals surface area (Å²) < 4.78 is 5.59. The first kappa shape index (κ1) is 17.0. The van der Waals surface area contributed by atoms with Crippen molar-refractivity contribution in [1.82, 2.24) is 10.9 Å². The number of rotatable bonds is 3. The van der Waals surface area contributed by atoms with Gasteiger partial charge in [0, 0.05) is 21.5 Å². The fourth-order valence-corrected chi connectivity index (χ4v) is 2.67. The summed E-state index contributed by atoms with van der Waals surface area (Å²) in [5, 5.41) is 1.44. The van der Waals surface area contributed by atoms with E-state index in [1.807, 2.05) is 26.0 Å². The highest BCUT2D eigenvalue weighted by atomic mass is 35.5. The maximum Gasteiger partial charge on any atom is 0.269 e. The lowest BCUT2D eigenvalue weighted by atomic mass is 10.0. The third-order valence-corrected chi connectivity index (χ3v) is 4.37. The Kier molecular flexibility index (Phi) is 4.76. The Morgan fingerprint density at radius 3 is 2.48 bits per heavy atom. The van der Waals surface area contributed by atoms with Crippen molar-refractivity contribution in [2.24, 2.45) is 0 Å². The largest absolute Gasteiger partial charge is 0.464 e. The Bertz CT molecular complexity index is 945. The van der Waals surface area contributed by atoms with Crippen LogP contribution in [0.1, 0.15) is 27.0 Å². The van der Waals surface area contributed by atoms with Crippen LogP contribution >= 0.6 is 11.6 Å². The van der Waals surface area contributed by atoms with Crippen LogP contribution in [0.25, 0.3) is 11.0 Å². The number of hydrogen-bond acceptors (Lipinski definition) is 3. The van der Waals surface area contributed by atoms with Gasteiger partial charge < -0.3 is 4.42 Å². The molecule has 3 rings (SSSR count).